The van der Waals surface area contributed by atoms with Crippen molar-refractivity contribution in [2.24, 2.45) is 29.6 Å². The zero-order valence-electron chi connectivity index (χ0n) is 16.0. The molecule has 4 atom stereocenters. The highest BCUT2D eigenvalue weighted by Crippen LogP contribution is 2.54. The van der Waals surface area contributed by atoms with Gasteiger partial charge in [-0.15, -0.1) is 0 Å². The molecule has 0 unspecified atom stereocenters. The summed E-state index contributed by atoms with van der Waals surface area (Å²) in [7, 11) is 0. The number of ether oxygens (including phenoxy) is 3. The second-order valence-corrected chi connectivity index (χ2v) is 8.27. The number of hydrogen-bond donors (Lipinski definition) is 0. The van der Waals surface area contributed by atoms with Gasteiger partial charge in [-0.1, -0.05) is 26.7 Å². The Kier molecular flexibility index (Phi) is 4.86. The zero-order chi connectivity index (χ0) is 18.4. The van der Waals surface area contributed by atoms with Crippen molar-refractivity contribution < 1.29 is 23.8 Å². The molecule has 0 aromatic heterocycles. The summed E-state index contributed by atoms with van der Waals surface area (Å²) in [5, 5.41) is 0. The molecule has 0 aromatic rings. The minimum absolute atomic E-state index is 0.111. The maximum absolute atomic E-state index is 12.8. The third-order valence-electron chi connectivity index (χ3n) is 5.79. The van der Waals surface area contributed by atoms with Gasteiger partial charge in [0.1, 0.15) is 5.76 Å². The normalized spacial score (nSPS) is 33.9. The highest BCUT2D eigenvalue weighted by molar-refractivity contribution is 5.92. The third kappa shape index (κ3) is 3.18. The smallest absolute Gasteiger partial charge is 0.341 e. The van der Waals surface area contributed by atoms with Crippen molar-refractivity contribution >= 4 is 11.9 Å². The first-order valence-electron chi connectivity index (χ1n) is 9.60. The minimum Gasteiger partial charge on any atom is -0.466 e. The average molecular weight is 350 g/mol. The first-order valence-corrected chi connectivity index (χ1v) is 9.60. The molecule has 0 N–H and O–H groups in total. The summed E-state index contributed by atoms with van der Waals surface area (Å²) in [6.45, 7) is 9.84. The van der Waals surface area contributed by atoms with Gasteiger partial charge in [-0.3, -0.25) is 4.79 Å². The Labute approximate surface area is 150 Å². The molecule has 0 bridgehead atoms. The predicted molar refractivity (Wildman–Crippen MR) is 92.2 cm³/mol. The molecule has 1 aliphatic heterocycles. The van der Waals surface area contributed by atoms with Crippen LogP contribution in [0.4, 0.5) is 0 Å². The Bertz CT molecular complexity index is 589. The fourth-order valence-electron chi connectivity index (χ4n) is 4.96. The van der Waals surface area contributed by atoms with Crippen LogP contribution in [0, 0.1) is 29.6 Å². The van der Waals surface area contributed by atoms with Gasteiger partial charge in [0.2, 0.25) is 5.79 Å². The highest BCUT2D eigenvalue weighted by atomic mass is 16.7. The molecule has 1 heterocycles. The van der Waals surface area contributed by atoms with Gasteiger partial charge < -0.3 is 14.2 Å². The van der Waals surface area contributed by atoms with E-state index in [-0.39, 0.29) is 41.5 Å². The summed E-state index contributed by atoms with van der Waals surface area (Å²) in [5.74, 6) is -0.759. The molecule has 3 aliphatic rings. The van der Waals surface area contributed by atoms with E-state index >= 15 is 0 Å². The molecule has 5 heteroatoms. The summed E-state index contributed by atoms with van der Waals surface area (Å²) >= 11 is 0. The van der Waals surface area contributed by atoms with Gasteiger partial charge in [-0.2, -0.15) is 0 Å². The number of carbonyl (C=O) groups excluding carboxylic acids is 2. The molecule has 0 radical (unpaired) electrons. The van der Waals surface area contributed by atoms with Crippen molar-refractivity contribution in [3.05, 3.63) is 11.3 Å². The lowest BCUT2D eigenvalue weighted by Crippen LogP contribution is -2.51. The summed E-state index contributed by atoms with van der Waals surface area (Å²) in [4.78, 5) is 25.7. The van der Waals surface area contributed by atoms with E-state index in [0.717, 1.165) is 31.4 Å². The molecule has 0 spiro atoms. The number of rotatable bonds is 3. The van der Waals surface area contributed by atoms with Gasteiger partial charge in [0.25, 0.3) is 0 Å². The van der Waals surface area contributed by atoms with Crippen molar-refractivity contribution in [3.63, 3.8) is 0 Å². The molecular weight excluding hydrogens is 320 g/mol. The van der Waals surface area contributed by atoms with E-state index in [1.165, 1.54) is 0 Å². The van der Waals surface area contributed by atoms with Crippen LogP contribution in [0.15, 0.2) is 11.3 Å². The van der Waals surface area contributed by atoms with Crippen LogP contribution in [0.2, 0.25) is 0 Å². The van der Waals surface area contributed by atoms with Crippen LogP contribution < -0.4 is 0 Å². The monoisotopic (exact) mass is 350 g/mol. The van der Waals surface area contributed by atoms with E-state index in [1.807, 2.05) is 6.92 Å². The highest BCUT2D eigenvalue weighted by Gasteiger charge is 2.55. The van der Waals surface area contributed by atoms with Crippen molar-refractivity contribution in [2.45, 2.75) is 66.1 Å². The summed E-state index contributed by atoms with van der Waals surface area (Å²) in [6.07, 6.45) is 4.14. The lowest BCUT2D eigenvalue weighted by Gasteiger charge is -2.50. The van der Waals surface area contributed by atoms with Gasteiger partial charge in [0.15, 0.2) is 0 Å². The Morgan fingerprint density at radius 3 is 2.56 bits per heavy atom. The van der Waals surface area contributed by atoms with Gasteiger partial charge >= 0.3 is 11.9 Å². The molecule has 0 amide bonds. The number of allylic oxidation sites excluding steroid dienone is 1. The van der Waals surface area contributed by atoms with E-state index in [1.54, 1.807) is 13.8 Å². The maximum atomic E-state index is 12.8. The summed E-state index contributed by atoms with van der Waals surface area (Å²) < 4.78 is 17.1. The SMILES string of the molecule is CCOC(=O)[C@@H]1[C@H]2CCCC[C@@H]2C2=C(C(=O)OC(C)(C)O2)[C@@H]1C(C)C. The van der Waals surface area contributed by atoms with Crippen molar-refractivity contribution in [3.8, 4) is 0 Å². The molecule has 0 saturated heterocycles. The fraction of sp³-hybridized carbons (Fsp3) is 0.800. The summed E-state index contributed by atoms with van der Waals surface area (Å²) in [6, 6.07) is 0. The van der Waals surface area contributed by atoms with E-state index in [9.17, 15) is 9.59 Å². The van der Waals surface area contributed by atoms with Crippen molar-refractivity contribution in [1.82, 2.24) is 0 Å². The first kappa shape index (κ1) is 18.3. The molecule has 2 aliphatic carbocycles. The topological polar surface area (TPSA) is 61.8 Å². The molecular formula is C20H30O5. The lowest BCUT2D eigenvalue weighted by atomic mass is 9.59. The molecule has 140 valence electrons. The van der Waals surface area contributed by atoms with Crippen LogP contribution in [0.1, 0.15) is 60.3 Å². The van der Waals surface area contributed by atoms with Crippen molar-refractivity contribution in [2.75, 3.05) is 6.61 Å². The van der Waals surface area contributed by atoms with Crippen LogP contribution in [0.5, 0.6) is 0 Å². The standard InChI is InChI=1S/C20H30O5/c1-6-23-18(21)15-12-9-7-8-10-13(12)17-16(14(15)11(2)3)19(22)25-20(4,5)24-17/h11-15H,6-10H2,1-5H3/t12-,13-,14+,15+/m0/s1. The Hall–Kier alpha value is -1.52. The molecule has 25 heavy (non-hydrogen) atoms. The molecule has 3 rings (SSSR count). The summed E-state index contributed by atoms with van der Waals surface area (Å²) in [5.41, 5.74) is 0.579. The molecule has 1 fully saturated rings. The second kappa shape index (κ2) is 6.65. The fourth-order valence-corrected chi connectivity index (χ4v) is 4.96. The van der Waals surface area contributed by atoms with Crippen LogP contribution >= 0.6 is 0 Å². The Morgan fingerprint density at radius 1 is 1.24 bits per heavy atom. The minimum atomic E-state index is -0.948. The average Bonchev–Trinajstić information content (AvgIpc) is 2.52. The largest absolute Gasteiger partial charge is 0.466 e. The number of hydrogen-bond acceptors (Lipinski definition) is 5. The number of esters is 2. The lowest BCUT2D eigenvalue weighted by molar-refractivity contribution is -0.219. The van der Waals surface area contributed by atoms with Crippen LogP contribution in [-0.4, -0.2) is 24.3 Å². The van der Waals surface area contributed by atoms with Crippen LogP contribution in [0.25, 0.3) is 0 Å². The van der Waals surface area contributed by atoms with E-state index < -0.39 is 5.79 Å². The number of fused-ring (bicyclic) bond motifs is 2. The number of carbonyl (C=O) groups is 2. The van der Waals surface area contributed by atoms with Crippen LogP contribution in [0.3, 0.4) is 0 Å². The predicted octanol–water partition coefficient (Wildman–Crippen LogP) is 3.82. The van der Waals surface area contributed by atoms with Crippen molar-refractivity contribution in [1.29, 1.82) is 0 Å². The van der Waals surface area contributed by atoms with Gasteiger partial charge in [0, 0.05) is 25.7 Å². The van der Waals surface area contributed by atoms with E-state index in [2.05, 4.69) is 13.8 Å². The van der Waals surface area contributed by atoms with Gasteiger partial charge in [-0.05, 0) is 31.6 Å². The van der Waals surface area contributed by atoms with E-state index in [0.29, 0.717) is 12.2 Å². The molecule has 1 saturated carbocycles. The molecule has 5 nitrogen and oxygen atoms in total. The third-order valence-corrected chi connectivity index (χ3v) is 5.79. The number of cyclic esters (lactones) is 1. The van der Waals surface area contributed by atoms with Gasteiger partial charge in [-0.25, -0.2) is 4.79 Å². The zero-order valence-corrected chi connectivity index (χ0v) is 16.0. The van der Waals surface area contributed by atoms with Crippen LogP contribution in [-0.2, 0) is 23.8 Å². The Balaban J connectivity index is 2.12. The quantitative estimate of drug-likeness (QED) is 0.724. The first-order chi connectivity index (χ1) is 11.8. The second-order valence-electron chi connectivity index (χ2n) is 8.27. The Morgan fingerprint density at radius 2 is 1.92 bits per heavy atom. The van der Waals surface area contributed by atoms with E-state index in [4.69, 9.17) is 14.2 Å². The maximum Gasteiger partial charge on any atom is 0.341 e. The molecule has 0 aromatic carbocycles. The van der Waals surface area contributed by atoms with Gasteiger partial charge in [0.05, 0.1) is 18.1 Å².